The average molecular weight is 550 g/mol. The van der Waals surface area contributed by atoms with E-state index in [2.05, 4.69) is 33.1 Å². The number of rotatable bonds is 5. The van der Waals surface area contributed by atoms with E-state index in [-0.39, 0.29) is 18.3 Å². The zero-order valence-corrected chi connectivity index (χ0v) is 17.5. The fraction of sp³-hybridized carbons (Fsp3) is 0.176. The summed E-state index contributed by atoms with van der Waals surface area (Å²) < 4.78 is 7.26. The number of amides is 1. The van der Waals surface area contributed by atoms with Crippen molar-refractivity contribution in [2.24, 2.45) is 5.10 Å². The molecule has 0 aromatic heterocycles. The molecule has 0 unspecified atom stereocenters. The maximum absolute atomic E-state index is 11.8. The SMILES string of the molecule is Cc1cccc(C)c1OCC(=O)N/N=C/c1cc(I)cc(I)c1O. The van der Waals surface area contributed by atoms with Crippen LogP contribution in [0.3, 0.4) is 0 Å². The Labute approximate surface area is 167 Å². The number of hydrogen-bond donors (Lipinski definition) is 2. The fourth-order valence-electron chi connectivity index (χ4n) is 2.05. The van der Waals surface area contributed by atoms with Gasteiger partial charge in [0.1, 0.15) is 11.5 Å². The molecule has 0 saturated heterocycles. The monoisotopic (exact) mass is 550 g/mol. The predicted octanol–water partition coefficient (Wildman–Crippen LogP) is 3.75. The van der Waals surface area contributed by atoms with Gasteiger partial charge in [0.15, 0.2) is 6.61 Å². The van der Waals surface area contributed by atoms with Gasteiger partial charge in [-0.1, -0.05) is 18.2 Å². The van der Waals surface area contributed by atoms with Crippen LogP contribution in [0.25, 0.3) is 0 Å². The Morgan fingerprint density at radius 2 is 1.96 bits per heavy atom. The Morgan fingerprint density at radius 3 is 2.62 bits per heavy atom. The van der Waals surface area contributed by atoms with Gasteiger partial charge in [0.2, 0.25) is 0 Å². The van der Waals surface area contributed by atoms with Gasteiger partial charge < -0.3 is 9.84 Å². The van der Waals surface area contributed by atoms with Gasteiger partial charge in [-0.2, -0.15) is 5.10 Å². The number of para-hydroxylation sites is 1. The molecule has 0 bridgehead atoms. The number of ether oxygens (including phenoxy) is 1. The molecule has 2 rings (SSSR count). The van der Waals surface area contributed by atoms with Crippen molar-refractivity contribution in [2.45, 2.75) is 13.8 Å². The Balaban J connectivity index is 1.94. The van der Waals surface area contributed by atoms with Crippen LogP contribution in [0.2, 0.25) is 0 Å². The van der Waals surface area contributed by atoms with Gasteiger partial charge in [0.05, 0.1) is 9.78 Å². The molecule has 5 nitrogen and oxygen atoms in total. The Bertz CT molecular complexity index is 771. The number of aromatic hydroxyl groups is 1. The second-order valence-electron chi connectivity index (χ2n) is 5.13. The molecule has 0 aliphatic heterocycles. The van der Waals surface area contributed by atoms with E-state index >= 15 is 0 Å². The minimum absolute atomic E-state index is 0.126. The van der Waals surface area contributed by atoms with Crippen LogP contribution in [-0.4, -0.2) is 23.8 Å². The van der Waals surface area contributed by atoms with Crippen molar-refractivity contribution in [1.29, 1.82) is 0 Å². The molecule has 0 aliphatic carbocycles. The lowest BCUT2D eigenvalue weighted by Gasteiger charge is -2.10. The van der Waals surface area contributed by atoms with Crippen LogP contribution >= 0.6 is 45.2 Å². The van der Waals surface area contributed by atoms with Crippen molar-refractivity contribution < 1.29 is 14.6 Å². The molecule has 0 heterocycles. The molecule has 24 heavy (non-hydrogen) atoms. The van der Waals surface area contributed by atoms with Crippen LogP contribution in [0, 0.1) is 21.0 Å². The molecule has 0 fully saturated rings. The summed E-state index contributed by atoms with van der Waals surface area (Å²) in [5.74, 6) is 0.482. The number of carbonyl (C=O) groups is 1. The van der Waals surface area contributed by atoms with Gasteiger partial charge >= 0.3 is 0 Å². The van der Waals surface area contributed by atoms with Crippen molar-refractivity contribution in [2.75, 3.05) is 6.61 Å². The Kier molecular flexibility index (Phi) is 6.84. The van der Waals surface area contributed by atoms with Gasteiger partial charge in [0, 0.05) is 9.13 Å². The lowest BCUT2D eigenvalue weighted by molar-refractivity contribution is -0.123. The molecule has 2 aromatic rings. The normalized spacial score (nSPS) is 10.8. The number of aryl methyl sites for hydroxylation is 2. The Morgan fingerprint density at radius 1 is 1.29 bits per heavy atom. The highest BCUT2D eigenvalue weighted by molar-refractivity contribution is 14.1. The van der Waals surface area contributed by atoms with Gasteiger partial charge in [-0.3, -0.25) is 4.79 Å². The number of hydrazone groups is 1. The lowest BCUT2D eigenvalue weighted by Crippen LogP contribution is -2.25. The molecule has 0 aliphatic rings. The summed E-state index contributed by atoms with van der Waals surface area (Å²) in [5, 5.41) is 13.8. The van der Waals surface area contributed by atoms with E-state index in [1.807, 2.05) is 60.7 Å². The number of phenolic OH excluding ortho intramolecular Hbond substituents is 1. The van der Waals surface area contributed by atoms with Gasteiger partial charge in [0.25, 0.3) is 5.91 Å². The van der Waals surface area contributed by atoms with E-state index in [0.29, 0.717) is 11.3 Å². The molecular weight excluding hydrogens is 534 g/mol. The third-order valence-electron chi connectivity index (χ3n) is 3.21. The van der Waals surface area contributed by atoms with Gasteiger partial charge in [-0.25, -0.2) is 5.43 Å². The number of benzene rings is 2. The molecule has 2 aromatic carbocycles. The van der Waals surface area contributed by atoms with Crippen molar-refractivity contribution >= 4 is 57.3 Å². The minimum Gasteiger partial charge on any atom is -0.506 e. The first kappa shape index (κ1) is 19.0. The van der Waals surface area contributed by atoms with Crippen LogP contribution in [0.5, 0.6) is 11.5 Å². The third-order valence-corrected chi connectivity index (χ3v) is 4.65. The highest BCUT2D eigenvalue weighted by atomic mass is 127. The van der Waals surface area contributed by atoms with Crippen LogP contribution in [0.4, 0.5) is 0 Å². The number of carbonyl (C=O) groups excluding carboxylic acids is 1. The molecule has 7 heteroatoms. The third kappa shape index (κ3) is 5.07. The summed E-state index contributed by atoms with van der Waals surface area (Å²) in [7, 11) is 0. The number of hydrogen-bond acceptors (Lipinski definition) is 4. The second kappa shape index (κ2) is 8.65. The zero-order chi connectivity index (χ0) is 17.7. The quantitative estimate of drug-likeness (QED) is 0.339. The maximum atomic E-state index is 11.8. The first-order valence-corrected chi connectivity index (χ1v) is 9.23. The highest BCUT2D eigenvalue weighted by Gasteiger charge is 2.07. The number of nitrogens with zero attached hydrogens (tertiary/aromatic N) is 1. The van der Waals surface area contributed by atoms with Crippen molar-refractivity contribution in [3.63, 3.8) is 0 Å². The summed E-state index contributed by atoms with van der Waals surface area (Å²) in [6.07, 6.45) is 1.41. The van der Waals surface area contributed by atoms with Gasteiger partial charge in [-0.15, -0.1) is 0 Å². The highest BCUT2D eigenvalue weighted by Crippen LogP contribution is 2.25. The standard InChI is InChI=1S/C17H16I2N2O3/c1-10-4-3-5-11(2)17(10)24-9-15(22)21-20-8-12-6-13(18)7-14(19)16(12)23/h3-8,23H,9H2,1-2H3,(H,21,22)/b20-8+. The average Bonchev–Trinajstić information content (AvgIpc) is 2.51. The van der Waals surface area contributed by atoms with E-state index in [1.54, 1.807) is 6.07 Å². The van der Waals surface area contributed by atoms with E-state index in [4.69, 9.17) is 4.74 Å². The summed E-state index contributed by atoms with van der Waals surface area (Å²) in [4.78, 5) is 11.8. The van der Waals surface area contributed by atoms with Crippen molar-refractivity contribution in [1.82, 2.24) is 5.43 Å². The minimum atomic E-state index is -0.367. The van der Waals surface area contributed by atoms with Crippen LogP contribution < -0.4 is 10.2 Å². The van der Waals surface area contributed by atoms with E-state index in [9.17, 15) is 9.90 Å². The largest absolute Gasteiger partial charge is 0.506 e. The molecule has 126 valence electrons. The summed E-state index contributed by atoms with van der Waals surface area (Å²) >= 11 is 4.20. The number of halogens is 2. The van der Waals surface area contributed by atoms with E-state index in [0.717, 1.165) is 18.3 Å². The number of phenols is 1. The lowest BCUT2D eigenvalue weighted by atomic mass is 10.1. The smallest absolute Gasteiger partial charge is 0.277 e. The molecule has 0 spiro atoms. The first-order valence-electron chi connectivity index (χ1n) is 7.07. The second-order valence-corrected chi connectivity index (χ2v) is 7.54. The van der Waals surface area contributed by atoms with Crippen LogP contribution in [0.1, 0.15) is 16.7 Å². The topological polar surface area (TPSA) is 70.9 Å². The van der Waals surface area contributed by atoms with Crippen molar-refractivity contribution in [3.8, 4) is 11.5 Å². The summed E-state index contributed by atoms with van der Waals surface area (Å²) in [6.45, 7) is 3.73. The van der Waals surface area contributed by atoms with E-state index in [1.165, 1.54) is 6.21 Å². The number of nitrogens with one attached hydrogen (secondary N) is 1. The summed E-state index contributed by atoms with van der Waals surface area (Å²) in [6, 6.07) is 9.43. The predicted molar refractivity (Wildman–Crippen MR) is 111 cm³/mol. The molecule has 0 atom stereocenters. The van der Waals surface area contributed by atoms with Crippen LogP contribution in [0.15, 0.2) is 35.4 Å². The van der Waals surface area contributed by atoms with Crippen LogP contribution in [-0.2, 0) is 4.79 Å². The Hall–Kier alpha value is -1.36. The molecule has 2 N–H and O–H groups in total. The van der Waals surface area contributed by atoms with E-state index < -0.39 is 0 Å². The zero-order valence-electron chi connectivity index (χ0n) is 13.1. The first-order chi connectivity index (χ1) is 11.4. The summed E-state index contributed by atoms with van der Waals surface area (Å²) in [5.41, 5.74) is 4.89. The molecular formula is C17H16I2N2O3. The fourth-order valence-corrected chi connectivity index (χ4v) is 3.94. The molecule has 0 saturated carbocycles. The molecule has 1 amide bonds. The van der Waals surface area contributed by atoms with Crippen molar-refractivity contribution in [3.05, 3.63) is 54.2 Å². The molecule has 0 radical (unpaired) electrons. The van der Waals surface area contributed by atoms with Gasteiger partial charge in [-0.05, 0) is 82.3 Å². The maximum Gasteiger partial charge on any atom is 0.277 e.